The first-order valence-electron chi connectivity index (χ1n) is 5.90. The van der Waals surface area contributed by atoms with Crippen molar-refractivity contribution in [1.82, 2.24) is 10.3 Å². The number of carbonyl (C=O) groups excluding carboxylic acids is 1. The second-order valence-corrected chi connectivity index (χ2v) is 4.69. The summed E-state index contributed by atoms with van der Waals surface area (Å²) >= 11 is 0. The van der Waals surface area contributed by atoms with Crippen molar-refractivity contribution < 1.29 is 9.18 Å². The van der Waals surface area contributed by atoms with Gasteiger partial charge in [-0.1, -0.05) is 0 Å². The molecule has 1 saturated heterocycles. The first kappa shape index (κ1) is 10.5. The Kier molecular flexibility index (Phi) is 2.46. The predicted octanol–water partition coefficient (Wildman–Crippen LogP) is 0.935. The number of anilines is 1. The lowest BCUT2D eigenvalue weighted by Gasteiger charge is -2.39. The molecule has 2 fully saturated rings. The van der Waals surface area contributed by atoms with Crippen molar-refractivity contribution in [3.63, 3.8) is 0 Å². The number of nitrogens with one attached hydrogen (secondary N) is 1. The lowest BCUT2D eigenvalue weighted by atomic mass is 9.99. The Morgan fingerprint density at radius 1 is 1.47 bits per heavy atom. The highest BCUT2D eigenvalue weighted by Crippen LogP contribution is 2.26. The van der Waals surface area contributed by atoms with E-state index < -0.39 is 0 Å². The van der Waals surface area contributed by atoms with Crippen LogP contribution < -0.4 is 10.2 Å². The number of amides is 1. The van der Waals surface area contributed by atoms with E-state index in [0.29, 0.717) is 24.9 Å². The summed E-state index contributed by atoms with van der Waals surface area (Å²) in [6.07, 6.45) is 3.75. The normalized spacial score (nSPS) is 19.9. The molecule has 90 valence electrons. The number of carbonyl (C=O) groups is 1. The zero-order valence-corrected chi connectivity index (χ0v) is 9.40. The Hall–Kier alpha value is -1.65. The first-order chi connectivity index (χ1) is 8.24. The number of hydrogen-bond donors (Lipinski definition) is 1. The highest BCUT2D eigenvalue weighted by molar-refractivity contribution is 5.82. The van der Waals surface area contributed by atoms with Gasteiger partial charge in [-0.15, -0.1) is 0 Å². The average Bonchev–Trinajstić information content (AvgIpc) is 3.02. The van der Waals surface area contributed by atoms with Gasteiger partial charge in [-0.25, -0.2) is 9.37 Å². The lowest BCUT2D eigenvalue weighted by Crippen LogP contribution is -2.54. The molecule has 0 unspecified atom stereocenters. The molecule has 5 heteroatoms. The van der Waals surface area contributed by atoms with Crippen LogP contribution in [0.15, 0.2) is 18.3 Å². The van der Waals surface area contributed by atoms with E-state index in [0.717, 1.165) is 12.8 Å². The molecule has 2 aliphatic rings. The maximum Gasteiger partial charge on any atom is 0.226 e. The molecule has 1 aliphatic carbocycles. The van der Waals surface area contributed by atoms with E-state index in [4.69, 9.17) is 0 Å². The minimum Gasteiger partial charge on any atom is -0.353 e. The Labute approximate surface area is 98.8 Å². The minimum absolute atomic E-state index is 0.0167. The molecule has 0 radical (unpaired) electrons. The second-order valence-electron chi connectivity index (χ2n) is 4.69. The lowest BCUT2D eigenvalue weighted by molar-refractivity contribution is -0.125. The van der Waals surface area contributed by atoms with Crippen LogP contribution in [0.25, 0.3) is 0 Å². The Morgan fingerprint density at radius 3 is 2.88 bits per heavy atom. The number of halogens is 1. The molecule has 1 amide bonds. The third-order valence-corrected chi connectivity index (χ3v) is 3.21. The van der Waals surface area contributed by atoms with E-state index in [1.54, 1.807) is 17.2 Å². The number of pyridine rings is 1. The fourth-order valence-corrected chi connectivity index (χ4v) is 1.97. The molecule has 3 rings (SSSR count). The van der Waals surface area contributed by atoms with Gasteiger partial charge in [0.15, 0.2) is 11.6 Å². The van der Waals surface area contributed by atoms with Crippen LogP contribution in [0.1, 0.15) is 12.8 Å². The molecule has 1 saturated carbocycles. The van der Waals surface area contributed by atoms with Crippen molar-refractivity contribution in [2.24, 2.45) is 5.92 Å². The average molecular weight is 235 g/mol. The van der Waals surface area contributed by atoms with Gasteiger partial charge in [0.25, 0.3) is 0 Å². The third-order valence-electron chi connectivity index (χ3n) is 3.21. The molecule has 0 spiro atoms. The maximum atomic E-state index is 13.4. The van der Waals surface area contributed by atoms with Gasteiger partial charge in [0, 0.05) is 25.3 Å². The molecule has 1 aromatic rings. The van der Waals surface area contributed by atoms with Gasteiger partial charge >= 0.3 is 0 Å². The van der Waals surface area contributed by atoms with Crippen molar-refractivity contribution >= 4 is 11.7 Å². The highest BCUT2D eigenvalue weighted by atomic mass is 19.1. The quantitative estimate of drug-likeness (QED) is 0.848. The fraction of sp³-hybridized carbons (Fsp3) is 0.500. The summed E-state index contributed by atoms with van der Waals surface area (Å²) in [6.45, 7) is 1.12. The van der Waals surface area contributed by atoms with Crippen LogP contribution >= 0.6 is 0 Å². The van der Waals surface area contributed by atoms with Crippen LogP contribution in [0.5, 0.6) is 0 Å². The number of rotatable bonds is 3. The van der Waals surface area contributed by atoms with E-state index in [2.05, 4.69) is 10.3 Å². The zero-order chi connectivity index (χ0) is 11.8. The van der Waals surface area contributed by atoms with Crippen LogP contribution in [0.4, 0.5) is 10.2 Å². The van der Waals surface area contributed by atoms with Gasteiger partial charge in [-0.05, 0) is 25.0 Å². The van der Waals surface area contributed by atoms with Gasteiger partial charge in [-0.3, -0.25) is 4.79 Å². The molecular formula is C12H14FN3O. The number of nitrogens with zero attached hydrogens (tertiary/aromatic N) is 2. The van der Waals surface area contributed by atoms with E-state index in [9.17, 15) is 9.18 Å². The van der Waals surface area contributed by atoms with Crippen molar-refractivity contribution in [3.8, 4) is 0 Å². The van der Waals surface area contributed by atoms with Gasteiger partial charge in [0.1, 0.15) is 0 Å². The molecule has 1 N–H and O–H groups in total. The smallest absolute Gasteiger partial charge is 0.226 e. The summed E-state index contributed by atoms with van der Waals surface area (Å²) < 4.78 is 13.4. The standard InChI is InChI=1S/C12H14FN3O/c13-10-2-1-5-14-11(10)16-6-8(7-16)12(17)15-9-3-4-9/h1-2,5,8-9H,3-4,6-7H2,(H,15,17). The largest absolute Gasteiger partial charge is 0.353 e. The van der Waals surface area contributed by atoms with Crippen molar-refractivity contribution in [1.29, 1.82) is 0 Å². The Bertz CT molecular complexity index is 441. The topological polar surface area (TPSA) is 45.2 Å². The molecule has 0 aromatic carbocycles. The molecule has 0 bridgehead atoms. The van der Waals surface area contributed by atoms with Crippen LogP contribution in [0, 0.1) is 11.7 Å². The van der Waals surface area contributed by atoms with Crippen LogP contribution in [0.3, 0.4) is 0 Å². The van der Waals surface area contributed by atoms with Crippen molar-refractivity contribution in [2.75, 3.05) is 18.0 Å². The molecule has 0 atom stereocenters. The van der Waals surface area contributed by atoms with E-state index in [1.165, 1.54) is 6.07 Å². The van der Waals surface area contributed by atoms with Crippen LogP contribution in [0.2, 0.25) is 0 Å². The summed E-state index contributed by atoms with van der Waals surface area (Å²) in [5.74, 6) is 0.105. The summed E-state index contributed by atoms with van der Waals surface area (Å²) in [7, 11) is 0. The second kappa shape index (κ2) is 3.98. The fourth-order valence-electron chi connectivity index (χ4n) is 1.97. The number of aromatic nitrogens is 1. The Balaban J connectivity index is 1.57. The summed E-state index contributed by atoms with van der Waals surface area (Å²) in [6, 6.07) is 3.35. The van der Waals surface area contributed by atoms with Crippen LogP contribution in [-0.2, 0) is 4.79 Å². The summed E-state index contributed by atoms with van der Waals surface area (Å²) in [5.41, 5.74) is 0. The van der Waals surface area contributed by atoms with Crippen molar-refractivity contribution in [2.45, 2.75) is 18.9 Å². The summed E-state index contributed by atoms with van der Waals surface area (Å²) in [5, 5.41) is 2.96. The molecule has 4 nitrogen and oxygen atoms in total. The maximum absolute atomic E-state index is 13.4. The third kappa shape index (κ3) is 2.09. The molecule has 1 aliphatic heterocycles. The monoisotopic (exact) mass is 235 g/mol. The summed E-state index contributed by atoms with van der Waals surface area (Å²) in [4.78, 5) is 17.5. The van der Waals surface area contributed by atoms with Gasteiger partial charge in [0.05, 0.1) is 5.92 Å². The molecule has 17 heavy (non-hydrogen) atoms. The van der Waals surface area contributed by atoms with Gasteiger partial charge < -0.3 is 10.2 Å². The number of hydrogen-bond acceptors (Lipinski definition) is 3. The molecule has 1 aromatic heterocycles. The highest BCUT2D eigenvalue weighted by Gasteiger charge is 2.36. The minimum atomic E-state index is -0.325. The van der Waals surface area contributed by atoms with E-state index in [-0.39, 0.29) is 17.6 Å². The Morgan fingerprint density at radius 2 is 2.24 bits per heavy atom. The van der Waals surface area contributed by atoms with Crippen molar-refractivity contribution in [3.05, 3.63) is 24.1 Å². The first-order valence-corrected chi connectivity index (χ1v) is 5.90. The van der Waals surface area contributed by atoms with Gasteiger partial charge in [-0.2, -0.15) is 0 Å². The van der Waals surface area contributed by atoms with E-state index in [1.807, 2.05) is 0 Å². The predicted molar refractivity (Wildman–Crippen MR) is 61.1 cm³/mol. The zero-order valence-electron chi connectivity index (χ0n) is 9.40. The molecule has 2 heterocycles. The van der Waals surface area contributed by atoms with Crippen LogP contribution in [-0.4, -0.2) is 30.0 Å². The SMILES string of the molecule is O=C(NC1CC1)C1CN(c2ncccc2F)C1. The van der Waals surface area contributed by atoms with Gasteiger partial charge in [0.2, 0.25) is 5.91 Å². The molecular weight excluding hydrogens is 221 g/mol. The van der Waals surface area contributed by atoms with E-state index >= 15 is 0 Å².